The van der Waals surface area contributed by atoms with Crippen LogP contribution in [0.4, 0.5) is 10.5 Å². The number of carbonyl (C=O) groups excluding carboxylic acids is 1. The molecule has 22 heavy (non-hydrogen) atoms. The van der Waals surface area contributed by atoms with Gasteiger partial charge in [-0.25, -0.2) is 7.91 Å². The highest BCUT2D eigenvalue weighted by molar-refractivity contribution is 14.1. The van der Waals surface area contributed by atoms with Crippen molar-refractivity contribution < 1.29 is 9.90 Å². The maximum absolute atomic E-state index is 12.2. The van der Waals surface area contributed by atoms with Crippen molar-refractivity contribution in [2.24, 2.45) is 0 Å². The van der Waals surface area contributed by atoms with Crippen molar-refractivity contribution in [2.75, 3.05) is 9.66 Å². The zero-order chi connectivity index (χ0) is 16.1. The lowest BCUT2D eigenvalue weighted by Crippen LogP contribution is -2.34. The summed E-state index contributed by atoms with van der Waals surface area (Å²) < 4.78 is 2.52. The number of hydrogen-bond acceptors (Lipinski definition) is 2. The second-order valence-electron chi connectivity index (χ2n) is 4.51. The zero-order valence-corrected chi connectivity index (χ0v) is 16.7. The van der Waals surface area contributed by atoms with Crippen LogP contribution in [0.3, 0.4) is 0 Å². The topological polar surface area (TPSA) is 52.6 Å². The molecule has 0 spiro atoms. The average Bonchev–Trinajstić information content (AvgIpc) is 2.52. The minimum atomic E-state index is -0.207. The average molecular weight is 540 g/mol. The lowest BCUT2D eigenvalue weighted by atomic mass is 10.1. The summed E-state index contributed by atoms with van der Waals surface area (Å²) in [5.74, 6) is 0.109. The molecule has 0 saturated heterocycles. The molecule has 0 aromatic heterocycles. The van der Waals surface area contributed by atoms with E-state index in [1.807, 2.05) is 53.2 Å². The molecule has 2 aromatic carbocycles. The van der Waals surface area contributed by atoms with Gasteiger partial charge in [0.1, 0.15) is 5.75 Å². The fourth-order valence-corrected chi connectivity index (χ4v) is 3.42. The molecule has 0 unspecified atom stereocenters. The number of amides is 2. The van der Waals surface area contributed by atoms with Crippen LogP contribution < -0.4 is 8.43 Å². The van der Waals surface area contributed by atoms with Crippen molar-refractivity contribution in [2.45, 2.75) is 6.42 Å². The van der Waals surface area contributed by atoms with Crippen LogP contribution in [0.25, 0.3) is 0 Å². The lowest BCUT2D eigenvalue weighted by Gasteiger charge is -2.17. The summed E-state index contributed by atoms with van der Waals surface area (Å²) in [5.41, 5.74) is 1.84. The molecule has 4 nitrogen and oxygen atoms in total. The summed E-state index contributed by atoms with van der Waals surface area (Å²) in [7, 11) is 0. The van der Waals surface area contributed by atoms with E-state index in [0.29, 0.717) is 21.2 Å². The number of halogens is 3. The van der Waals surface area contributed by atoms with Gasteiger partial charge in [-0.3, -0.25) is 0 Å². The van der Waals surface area contributed by atoms with Gasteiger partial charge in [-0.2, -0.15) is 0 Å². The van der Waals surface area contributed by atoms with Gasteiger partial charge in [0.05, 0.1) is 37.5 Å². The second-order valence-corrected chi connectivity index (χ2v) is 7.18. The largest absolute Gasteiger partial charge is 0.506 e. The smallest absolute Gasteiger partial charge is 0.330 e. The van der Waals surface area contributed by atoms with Gasteiger partial charge in [-0.05, 0) is 56.0 Å². The Balaban J connectivity index is 1.95. The summed E-state index contributed by atoms with van der Waals surface area (Å²) >= 11 is 8.44. The number of hydrogen-bond donors (Lipinski definition) is 2. The van der Waals surface area contributed by atoms with E-state index in [1.165, 1.54) is 8.68 Å². The van der Waals surface area contributed by atoms with Crippen LogP contribution >= 0.6 is 54.7 Å². The van der Waals surface area contributed by atoms with E-state index in [4.69, 9.17) is 0 Å². The number of anilines is 1. The first kappa shape index (κ1) is 17.6. The summed E-state index contributed by atoms with van der Waals surface area (Å²) in [4.78, 5) is 12.2. The van der Waals surface area contributed by atoms with Crippen molar-refractivity contribution in [1.29, 1.82) is 0 Å². The van der Waals surface area contributed by atoms with E-state index in [2.05, 4.69) is 37.2 Å². The Morgan fingerprint density at radius 2 is 1.77 bits per heavy atom. The number of carbonyl (C=O) groups is 1. The summed E-state index contributed by atoms with van der Waals surface area (Å²) in [6, 6.07) is 13.1. The molecule has 0 radical (unpaired) electrons. The molecule has 0 aliphatic heterocycles. The molecular weight excluding hydrogens is 527 g/mol. The molecule has 2 N–H and O–H groups in total. The first-order chi connectivity index (χ1) is 10.5. The molecule has 0 heterocycles. The first-order valence-corrected chi connectivity index (χ1v) is 9.00. The molecule has 0 saturated carbocycles. The van der Waals surface area contributed by atoms with Crippen LogP contribution in [0.2, 0.25) is 0 Å². The number of nitrogens with zero attached hydrogens (tertiary/aromatic N) is 1. The van der Waals surface area contributed by atoms with E-state index in [0.717, 1.165) is 6.42 Å². The Morgan fingerprint density at radius 3 is 2.36 bits per heavy atom. The van der Waals surface area contributed by atoms with E-state index < -0.39 is 0 Å². The Morgan fingerprint density at radius 1 is 1.18 bits per heavy atom. The highest BCUT2D eigenvalue weighted by Gasteiger charge is 2.15. The summed E-state index contributed by atoms with van der Waals surface area (Å²) in [5, 5.41) is 12.6. The summed E-state index contributed by atoms with van der Waals surface area (Å²) in [6.45, 7) is 0.558. The third-order valence-electron chi connectivity index (χ3n) is 2.94. The lowest BCUT2D eigenvalue weighted by molar-refractivity contribution is 0.250. The molecule has 0 fully saturated rings. The molecular formula is C15H13Br2IN2O2. The molecule has 0 bridgehead atoms. The quantitative estimate of drug-likeness (QED) is 0.423. The van der Waals surface area contributed by atoms with Gasteiger partial charge in [-0.1, -0.05) is 30.3 Å². The van der Waals surface area contributed by atoms with Crippen LogP contribution in [0.5, 0.6) is 5.75 Å². The van der Waals surface area contributed by atoms with Gasteiger partial charge in [0, 0.05) is 6.54 Å². The number of phenolic OH excluding ortho intramolecular Hbond substituents is 1. The van der Waals surface area contributed by atoms with E-state index in [-0.39, 0.29) is 11.8 Å². The first-order valence-electron chi connectivity index (χ1n) is 6.44. The molecule has 7 heteroatoms. The van der Waals surface area contributed by atoms with Gasteiger partial charge < -0.3 is 10.4 Å². The maximum atomic E-state index is 12.2. The molecule has 0 atom stereocenters. The predicted molar refractivity (Wildman–Crippen MR) is 104 cm³/mol. The van der Waals surface area contributed by atoms with Crippen LogP contribution in [-0.2, 0) is 6.42 Å². The molecule has 116 valence electrons. The van der Waals surface area contributed by atoms with Crippen LogP contribution in [0.15, 0.2) is 51.4 Å². The minimum Gasteiger partial charge on any atom is -0.506 e. The van der Waals surface area contributed by atoms with Crippen molar-refractivity contribution in [3.05, 3.63) is 57.0 Å². The third kappa shape index (κ3) is 4.60. The van der Waals surface area contributed by atoms with E-state index in [9.17, 15) is 9.90 Å². The fraction of sp³-hybridized carbons (Fsp3) is 0.133. The third-order valence-corrected chi connectivity index (χ3v) is 5.14. The van der Waals surface area contributed by atoms with Crippen molar-refractivity contribution in [3.8, 4) is 5.75 Å². The molecule has 2 aromatic rings. The predicted octanol–water partition coefficient (Wildman–Crippen LogP) is 5.03. The van der Waals surface area contributed by atoms with Gasteiger partial charge >= 0.3 is 6.03 Å². The highest BCUT2D eigenvalue weighted by Crippen LogP contribution is 2.37. The summed E-state index contributed by atoms with van der Waals surface area (Å²) in [6.07, 6.45) is 0.778. The molecule has 2 rings (SSSR count). The van der Waals surface area contributed by atoms with Gasteiger partial charge in [-0.15, -0.1) is 0 Å². The van der Waals surface area contributed by atoms with Gasteiger partial charge in [0.25, 0.3) is 0 Å². The standard InChI is InChI=1S/C15H13Br2IN2O2/c16-12-8-11(9-13(17)14(12)21)20(18)15(22)19-7-6-10-4-2-1-3-5-10/h1-5,8-9,21H,6-7H2,(H,19,22). The molecule has 2 amide bonds. The number of benzene rings is 2. The van der Waals surface area contributed by atoms with Gasteiger partial charge in [0.2, 0.25) is 0 Å². The molecule has 0 aliphatic carbocycles. The number of aromatic hydroxyl groups is 1. The SMILES string of the molecule is O=C(NCCc1ccccc1)N(I)c1cc(Br)c(O)c(Br)c1. The Hall–Kier alpha value is -0.800. The van der Waals surface area contributed by atoms with Crippen LogP contribution in [0.1, 0.15) is 5.56 Å². The number of nitrogens with one attached hydrogen (secondary N) is 1. The van der Waals surface area contributed by atoms with Gasteiger partial charge in [0.15, 0.2) is 0 Å². The second kappa shape index (κ2) is 8.16. The fourth-order valence-electron chi connectivity index (χ4n) is 1.81. The highest BCUT2D eigenvalue weighted by atomic mass is 127. The van der Waals surface area contributed by atoms with Crippen molar-refractivity contribution in [1.82, 2.24) is 5.32 Å². The Kier molecular flexibility index (Phi) is 6.51. The van der Waals surface area contributed by atoms with Crippen molar-refractivity contribution >= 4 is 66.4 Å². The zero-order valence-electron chi connectivity index (χ0n) is 11.4. The van der Waals surface area contributed by atoms with Crippen molar-refractivity contribution in [3.63, 3.8) is 0 Å². The van der Waals surface area contributed by atoms with E-state index in [1.54, 1.807) is 12.1 Å². The minimum absolute atomic E-state index is 0.109. The van der Waals surface area contributed by atoms with Crippen LogP contribution in [0, 0.1) is 0 Å². The normalized spacial score (nSPS) is 10.3. The number of phenols is 1. The Labute approximate surface area is 159 Å². The maximum Gasteiger partial charge on any atom is 0.330 e. The molecule has 0 aliphatic rings. The van der Waals surface area contributed by atoms with Crippen LogP contribution in [-0.4, -0.2) is 17.7 Å². The number of rotatable bonds is 4. The monoisotopic (exact) mass is 538 g/mol. The van der Waals surface area contributed by atoms with E-state index >= 15 is 0 Å². The number of urea groups is 1. The Bertz CT molecular complexity index is 645.